The number of halogens is 1. The van der Waals surface area contributed by atoms with Crippen LogP contribution in [0, 0.1) is 19.7 Å². The van der Waals surface area contributed by atoms with E-state index >= 15 is 0 Å². The summed E-state index contributed by atoms with van der Waals surface area (Å²) in [6, 6.07) is 0. The second-order valence-electron chi connectivity index (χ2n) is 0. The zero-order chi connectivity index (χ0) is 8.00. The third-order valence-electron chi connectivity index (χ3n) is 0. The molecule has 0 aliphatic carbocycles. The van der Waals surface area contributed by atoms with Crippen molar-refractivity contribution < 1.29 is 18.8 Å². The third kappa shape index (κ3) is 29400. The summed E-state index contributed by atoms with van der Waals surface area (Å²) in [5.41, 5.74) is 0. The summed E-state index contributed by atoms with van der Waals surface area (Å²) in [7, 11) is 4.61. The van der Waals surface area contributed by atoms with Crippen molar-refractivity contribution in [3.05, 3.63) is 51.8 Å². The minimum Gasteiger partial charge on any atom is -0.693 e. The predicted molar refractivity (Wildman–Crippen MR) is 46.2 cm³/mol. The maximum Gasteiger partial charge on any atom is -0.693 e. The van der Waals surface area contributed by atoms with E-state index < -0.39 is 0 Å². The van der Waals surface area contributed by atoms with Gasteiger partial charge in [-0.3, -0.25) is 19.7 Å². The number of hydrogen-bond donors (Lipinski definition) is 0. The van der Waals surface area contributed by atoms with Gasteiger partial charge in [0.25, 0.3) is 0 Å². The van der Waals surface area contributed by atoms with Crippen LogP contribution in [0.15, 0.2) is 19.7 Å². The molecule has 0 saturated heterocycles. The Bertz CT molecular complexity index is 20.5. The fourth-order valence-electron chi connectivity index (χ4n) is 0. The van der Waals surface area contributed by atoms with Crippen molar-refractivity contribution in [1.82, 2.24) is 0 Å². The van der Waals surface area contributed by atoms with Gasteiger partial charge in [-0.1, -0.05) is 0 Å². The third-order valence-corrected chi connectivity index (χ3v) is 0. The number of rotatable bonds is 0. The average molecular weight is 344 g/mol. The van der Waals surface area contributed by atoms with Crippen LogP contribution >= 0.6 is 9.42 Å². The van der Waals surface area contributed by atoms with Crippen LogP contribution in [-0.4, -0.2) is 0 Å². The molecule has 0 saturated carbocycles. The van der Waals surface area contributed by atoms with Crippen LogP contribution in [-0.2, 0) is 18.8 Å². The summed E-state index contributed by atoms with van der Waals surface area (Å²) in [5, 5.41) is 0. The molecule has 0 aromatic rings. The second kappa shape index (κ2) is 42900. The summed E-state index contributed by atoms with van der Waals surface area (Å²) in [4.78, 5) is 0. The molecule has 0 radical (unpaired) electrons. The van der Waals surface area contributed by atoms with E-state index in [4.69, 9.17) is 0 Å². The predicted octanol–water partition coefficient (Wildman–Crippen LogP) is 3.94. The summed E-state index contributed by atoms with van der Waals surface area (Å²) >= 11 is 1.61. The Morgan fingerprint density at radius 3 is 0.700 bits per heavy atom. The van der Waals surface area contributed by atoms with Gasteiger partial charge in [0.1, 0.15) is 0 Å². The Hall–Kier alpha value is 0.118. The fraction of sp³-hybridized carbons (Fsp3) is 0. The monoisotopic (exact) mass is 343 g/mol. The molecule has 69 valence electrons. The molecule has 0 aliphatic heterocycles. The molecule has 0 spiro atoms. The summed E-state index contributed by atoms with van der Waals surface area (Å²) < 4.78 is 0. The molecular weight excluding hydrogens is 331 g/mol. The molecule has 0 amide bonds. The molecule has 0 aromatic heterocycles. The first-order chi connectivity index (χ1) is 4.00. The minimum atomic E-state index is 0. The van der Waals surface area contributed by atoms with E-state index in [0.717, 1.165) is 0 Å². The Balaban J connectivity index is -0.00000000500. The Morgan fingerprint density at radius 1 is 0.700 bits per heavy atom. The van der Waals surface area contributed by atoms with Crippen molar-refractivity contribution in [1.29, 1.82) is 0 Å². The van der Waals surface area contributed by atoms with Crippen LogP contribution in [0.5, 0.6) is 0 Å². The van der Waals surface area contributed by atoms with Crippen LogP contribution < -0.4 is 0 Å². The molecule has 0 atom stereocenters. The smallest absolute Gasteiger partial charge is 0.693 e. The maximum absolute atomic E-state index is 4.61. The molecule has 2 nitrogen and oxygen atoms in total. The summed E-state index contributed by atoms with van der Waals surface area (Å²) in [5.74, 6) is 0. The van der Waals surface area contributed by atoms with Crippen LogP contribution in [0.3, 0.4) is 0 Å². The number of nitrogens with two attached hydrogens (primary N) is 2. The van der Waals surface area contributed by atoms with Gasteiger partial charge in [-0.05, 0) is 0 Å². The molecule has 0 bridgehead atoms. The first-order valence-corrected chi connectivity index (χ1v) is 4.16. The van der Waals surface area contributed by atoms with Gasteiger partial charge in [0.15, 0.2) is 0 Å². The summed E-state index contributed by atoms with van der Waals surface area (Å²) in [6.07, 6.45) is 0. The average Bonchev–Trinajstić information content (AvgIpc) is 2.03. The van der Waals surface area contributed by atoms with Crippen LogP contribution in [0.25, 0.3) is 12.3 Å². The number of hydrogen-bond acceptors (Lipinski definition) is 0. The molecule has 0 unspecified atom stereocenters. The minimum absolute atomic E-state index is 0. The van der Waals surface area contributed by atoms with Gasteiger partial charge in [-0.2, -0.15) is 0 Å². The second-order valence-corrected chi connectivity index (χ2v) is 0. The normalized spacial score (nSPS) is 1.90. The first-order valence-electron chi connectivity index (χ1n) is 1.34. The Labute approximate surface area is 80.0 Å². The molecule has 4 heteroatoms. The first kappa shape index (κ1) is 49.6. The largest absolute Gasteiger partial charge is 0.693 e. The zero-order valence-corrected chi connectivity index (χ0v) is 8.73. The van der Waals surface area contributed by atoms with Crippen molar-refractivity contribution in [3.63, 3.8) is 0 Å². The van der Waals surface area contributed by atoms with E-state index in [1.54, 1.807) is 18.8 Å². The van der Waals surface area contributed by atoms with Gasteiger partial charge in [-0.25, -0.2) is 0 Å². The molecule has 10 heavy (non-hydrogen) atoms. The fourth-order valence-corrected chi connectivity index (χ4v) is 0. The van der Waals surface area contributed by atoms with E-state index in [0.29, 0.717) is 0 Å². The van der Waals surface area contributed by atoms with Gasteiger partial charge in [0.05, 0.1) is 0 Å². The van der Waals surface area contributed by atoms with Crippen molar-refractivity contribution in [2.24, 2.45) is 0 Å². The van der Waals surface area contributed by atoms with Crippen LogP contribution in [0.4, 0.5) is 0 Å². The Kier molecular flexibility index (Phi) is 213000. The van der Waals surface area contributed by atoms with Crippen molar-refractivity contribution in [2.75, 3.05) is 0 Å². The van der Waals surface area contributed by atoms with Gasteiger partial charge >= 0.3 is 28.2 Å². The van der Waals surface area contributed by atoms with Gasteiger partial charge in [0.2, 0.25) is 0 Å². The molecule has 0 rings (SSSR count). The van der Waals surface area contributed by atoms with E-state index in [2.05, 4.69) is 48.9 Å². The SMILES string of the molecule is [CH-]=C.[CH-]=C.[CH-]=C.[Cl][Pt].[NH2-].[NH2-]. The zero-order valence-electron chi connectivity index (χ0n) is 5.70. The van der Waals surface area contributed by atoms with E-state index in [1.165, 1.54) is 0 Å². The maximum atomic E-state index is 4.61. The van der Waals surface area contributed by atoms with Crippen molar-refractivity contribution in [2.45, 2.75) is 0 Å². The van der Waals surface area contributed by atoms with Gasteiger partial charge in [-0.15, -0.1) is 0 Å². The molecule has 4 N–H and O–H groups in total. The quantitative estimate of drug-likeness (QED) is 0.598. The van der Waals surface area contributed by atoms with Gasteiger partial charge in [0, 0.05) is 0 Å². The van der Waals surface area contributed by atoms with E-state index in [-0.39, 0.29) is 12.3 Å². The molecular formula is C6H13ClN2Pt-5. The molecule has 0 aromatic carbocycles. The molecule has 0 aliphatic rings. The van der Waals surface area contributed by atoms with E-state index in [1.807, 2.05) is 0 Å². The van der Waals surface area contributed by atoms with Crippen LogP contribution in [0.1, 0.15) is 0 Å². The summed E-state index contributed by atoms with van der Waals surface area (Å²) in [6.45, 7) is 21.0. The van der Waals surface area contributed by atoms with Gasteiger partial charge < -0.3 is 32.0 Å². The topological polar surface area (TPSA) is 67.0 Å². The van der Waals surface area contributed by atoms with Crippen LogP contribution in [0.2, 0.25) is 0 Å². The van der Waals surface area contributed by atoms with E-state index in [9.17, 15) is 0 Å². The standard InChI is InChI=1S/3C2H3.ClH.2H2N.Pt/c3*1-2;;;;/h3*1H,2H2;1H;2*1H2;/q3*-1;;2*-1;+1/p-1. The molecule has 0 fully saturated rings. The Morgan fingerprint density at radius 2 is 0.700 bits per heavy atom. The molecule has 0 heterocycles. The van der Waals surface area contributed by atoms with Crippen molar-refractivity contribution in [3.8, 4) is 0 Å². The van der Waals surface area contributed by atoms with Crippen molar-refractivity contribution >= 4 is 9.42 Å².